The lowest BCUT2D eigenvalue weighted by molar-refractivity contribution is 0.0281. The molecule has 1 saturated carbocycles. The predicted molar refractivity (Wildman–Crippen MR) is 82.8 cm³/mol. The lowest BCUT2D eigenvalue weighted by atomic mass is 9.75. The number of nitrogens with one attached hydrogen (secondary N) is 1. The smallest absolute Gasteiger partial charge is 0.151 e. The van der Waals surface area contributed by atoms with Gasteiger partial charge in [-0.1, -0.05) is 0 Å². The van der Waals surface area contributed by atoms with Gasteiger partial charge in [0.1, 0.15) is 0 Å². The molecule has 0 bridgehead atoms. The normalized spacial score (nSPS) is 27.9. The maximum atomic E-state index is 11.4. The first-order chi connectivity index (χ1) is 9.33. The van der Waals surface area contributed by atoms with Gasteiger partial charge in [-0.25, -0.2) is 8.42 Å². The van der Waals surface area contributed by atoms with Crippen molar-refractivity contribution in [1.29, 1.82) is 0 Å². The Kier molecular flexibility index (Phi) is 5.10. The third kappa shape index (κ3) is 3.93. The van der Waals surface area contributed by atoms with E-state index < -0.39 is 9.84 Å². The molecule has 0 aromatic heterocycles. The molecule has 2 rings (SSSR count). The second-order valence-electron chi connectivity index (χ2n) is 6.76. The van der Waals surface area contributed by atoms with Gasteiger partial charge in [-0.3, -0.25) is 0 Å². The Bertz CT molecular complexity index is 418. The average Bonchev–Trinajstić information content (AvgIpc) is 2.63. The van der Waals surface area contributed by atoms with Crippen LogP contribution < -0.4 is 5.32 Å². The summed E-state index contributed by atoms with van der Waals surface area (Å²) >= 11 is 0. The van der Waals surface area contributed by atoms with E-state index in [4.69, 9.17) is 0 Å². The van der Waals surface area contributed by atoms with Gasteiger partial charge in [0.2, 0.25) is 0 Å². The van der Waals surface area contributed by atoms with Gasteiger partial charge in [-0.2, -0.15) is 0 Å². The molecule has 1 aliphatic heterocycles. The van der Waals surface area contributed by atoms with Crippen LogP contribution >= 0.6 is 0 Å². The van der Waals surface area contributed by atoms with Crippen LogP contribution in [0.2, 0.25) is 0 Å². The number of likely N-dealkylation sites (N-methyl/N-ethyl adjacent to an activating group) is 2. The monoisotopic (exact) mass is 303 g/mol. The number of sulfone groups is 1. The Hall–Kier alpha value is -0.170. The molecular weight excluding hydrogens is 274 g/mol. The molecule has 1 N–H and O–H groups in total. The summed E-state index contributed by atoms with van der Waals surface area (Å²) in [5, 5.41) is 3.38. The molecule has 0 amide bonds. The first kappa shape index (κ1) is 16.2. The number of rotatable bonds is 7. The molecule has 0 aromatic carbocycles. The summed E-state index contributed by atoms with van der Waals surface area (Å²) in [6.07, 6.45) is 4.69. The van der Waals surface area contributed by atoms with Crippen LogP contribution in [-0.4, -0.2) is 82.1 Å². The molecule has 0 aromatic rings. The molecule has 118 valence electrons. The van der Waals surface area contributed by atoms with E-state index in [1.54, 1.807) is 0 Å². The van der Waals surface area contributed by atoms with Crippen molar-refractivity contribution < 1.29 is 8.42 Å². The Morgan fingerprint density at radius 1 is 1.25 bits per heavy atom. The van der Waals surface area contributed by atoms with Gasteiger partial charge in [-0.15, -0.1) is 0 Å². The summed E-state index contributed by atoms with van der Waals surface area (Å²) in [5.41, 5.74) is 0.367. The van der Waals surface area contributed by atoms with Crippen LogP contribution in [0.3, 0.4) is 0 Å². The third-order valence-corrected chi connectivity index (χ3v) is 6.72. The molecule has 1 aliphatic carbocycles. The third-order valence-electron chi connectivity index (χ3n) is 4.96. The number of hydrogen-bond donors (Lipinski definition) is 1. The fraction of sp³-hybridized carbons (Fsp3) is 1.00. The Morgan fingerprint density at radius 2 is 1.95 bits per heavy atom. The van der Waals surface area contributed by atoms with Crippen molar-refractivity contribution in [2.45, 2.75) is 37.3 Å². The SMILES string of the molecule is CN(CCNC1CCS(=O)(=O)C1)CC1(N(C)C)CCC1. The van der Waals surface area contributed by atoms with Crippen molar-refractivity contribution in [1.82, 2.24) is 15.1 Å². The van der Waals surface area contributed by atoms with Gasteiger partial charge < -0.3 is 15.1 Å². The molecule has 0 spiro atoms. The van der Waals surface area contributed by atoms with E-state index >= 15 is 0 Å². The van der Waals surface area contributed by atoms with Gasteiger partial charge in [-0.05, 0) is 46.8 Å². The summed E-state index contributed by atoms with van der Waals surface area (Å²) in [6.45, 7) is 2.96. The van der Waals surface area contributed by atoms with Gasteiger partial charge in [0.15, 0.2) is 9.84 Å². The minimum Gasteiger partial charge on any atom is -0.312 e. The summed E-state index contributed by atoms with van der Waals surface area (Å²) in [6, 6.07) is 0.167. The topological polar surface area (TPSA) is 52.7 Å². The van der Waals surface area contributed by atoms with E-state index in [0.717, 1.165) is 26.1 Å². The standard InChI is InChI=1S/C14H29N3O2S/c1-16(2)14(6-4-7-14)12-17(3)9-8-15-13-5-10-20(18,19)11-13/h13,15H,4-12H2,1-3H3. The molecule has 0 radical (unpaired) electrons. The lowest BCUT2D eigenvalue weighted by Gasteiger charge is -2.49. The summed E-state index contributed by atoms with van der Waals surface area (Å²) in [5.74, 6) is 0.669. The molecular formula is C14H29N3O2S. The molecule has 1 unspecified atom stereocenters. The molecule has 20 heavy (non-hydrogen) atoms. The summed E-state index contributed by atoms with van der Waals surface area (Å²) < 4.78 is 22.8. The zero-order chi connectivity index (χ0) is 14.8. The summed E-state index contributed by atoms with van der Waals surface area (Å²) in [7, 11) is 3.75. The van der Waals surface area contributed by atoms with Gasteiger partial charge in [0.05, 0.1) is 11.5 Å². The molecule has 1 heterocycles. The van der Waals surface area contributed by atoms with E-state index in [1.165, 1.54) is 19.3 Å². The lowest BCUT2D eigenvalue weighted by Crippen LogP contribution is -2.57. The van der Waals surface area contributed by atoms with Crippen molar-refractivity contribution >= 4 is 9.84 Å². The molecule has 1 saturated heterocycles. The van der Waals surface area contributed by atoms with Gasteiger partial charge in [0, 0.05) is 31.2 Å². The fourth-order valence-corrected chi connectivity index (χ4v) is 5.04. The maximum Gasteiger partial charge on any atom is 0.151 e. The quantitative estimate of drug-likeness (QED) is 0.727. The van der Waals surface area contributed by atoms with E-state index in [-0.39, 0.29) is 6.04 Å². The van der Waals surface area contributed by atoms with Gasteiger partial charge in [0.25, 0.3) is 0 Å². The molecule has 6 heteroatoms. The maximum absolute atomic E-state index is 11.4. The van der Waals surface area contributed by atoms with E-state index in [1.807, 2.05) is 0 Å². The summed E-state index contributed by atoms with van der Waals surface area (Å²) in [4.78, 5) is 4.74. The highest BCUT2D eigenvalue weighted by Gasteiger charge is 2.39. The van der Waals surface area contributed by atoms with E-state index in [2.05, 4.69) is 36.3 Å². The van der Waals surface area contributed by atoms with Crippen molar-refractivity contribution in [3.05, 3.63) is 0 Å². The first-order valence-electron chi connectivity index (χ1n) is 7.63. The van der Waals surface area contributed by atoms with Crippen molar-refractivity contribution in [2.24, 2.45) is 0 Å². The minimum atomic E-state index is -2.76. The second kappa shape index (κ2) is 6.30. The Balaban J connectivity index is 1.67. The minimum absolute atomic E-state index is 0.167. The fourth-order valence-electron chi connectivity index (χ4n) is 3.33. The predicted octanol–water partition coefficient (Wildman–Crippen LogP) is 0.179. The second-order valence-corrected chi connectivity index (χ2v) is 8.99. The highest BCUT2D eigenvalue weighted by atomic mass is 32.2. The van der Waals surface area contributed by atoms with Crippen molar-refractivity contribution in [3.8, 4) is 0 Å². The highest BCUT2D eigenvalue weighted by molar-refractivity contribution is 7.91. The molecule has 1 atom stereocenters. The van der Waals surface area contributed by atoms with Gasteiger partial charge >= 0.3 is 0 Å². The van der Waals surface area contributed by atoms with Crippen LogP contribution in [0.1, 0.15) is 25.7 Å². The Labute approximate surface area is 123 Å². The largest absolute Gasteiger partial charge is 0.312 e. The first-order valence-corrected chi connectivity index (χ1v) is 9.45. The number of nitrogens with zero attached hydrogens (tertiary/aromatic N) is 2. The van der Waals surface area contributed by atoms with E-state index in [9.17, 15) is 8.42 Å². The highest BCUT2D eigenvalue weighted by Crippen LogP contribution is 2.36. The Morgan fingerprint density at radius 3 is 2.40 bits per heavy atom. The van der Waals surface area contributed by atoms with Crippen LogP contribution in [-0.2, 0) is 9.84 Å². The van der Waals surface area contributed by atoms with Crippen LogP contribution in [0.15, 0.2) is 0 Å². The van der Waals surface area contributed by atoms with Crippen LogP contribution in [0.4, 0.5) is 0 Å². The van der Waals surface area contributed by atoms with Crippen molar-refractivity contribution in [3.63, 3.8) is 0 Å². The van der Waals surface area contributed by atoms with Crippen LogP contribution in [0, 0.1) is 0 Å². The molecule has 2 aliphatic rings. The van der Waals surface area contributed by atoms with Crippen LogP contribution in [0.25, 0.3) is 0 Å². The van der Waals surface area contributed by atoms with Crippen molar-refractivity contribution in [2.75, 3.05) is 52.3 Å². The van der Waals surface area contributed by atoms with Crippen LogP contribution in [0.5, 0.6) is 0 Å². The average molecular weight is 303 g/mol. The number of hydrogen-bond acceptors (Lipinski definition) is 5. The molecule has 5 nitrogen and oxygen atoms in total. The zero-order valence-electron chi connectivity index (χ0n) is 13.1. The molecule has 2 fully saturated rings. The van der Waals surface area contributed by atoms with E-state index in [0.29, 0.717) is 17.0 Å². The zero-order valence-corrected chi connectivity index (χ0v) is 13.9.